The molecule has 0 unspecified atom stereocenters. The molecular formula is C12H14N2. The average molecular weight is 186 g/mol. The van der Waals surface area contributed by atoms with Crippen LogP contribution in [0.3, 0.4) is 0 Å². The normalized spacial score (nSPS) is 12.6. The third-order valence-corrected chi connectivity index (χ3v) is 1.73. The number of aliphatic imine (C=N–C) groups is 1. The maximum Gasteiger partial charge on any atom is 0.130 e. The lowest BCUT2D eigenvalue weighted by Gasteiger charge is -1.99. The predicted molar refractivity (Wildman–Crippen MR) is 61.1 cm³/mol. The number of hydrogen-bond donors (Lipinski definition) is 1. The van der Waals surface area contributed by atoms with Crippen LogP contribution in [0.25, 0.3) is 0 Å². The summed E-state index contributed by atoms with van der Waals surface area (Å²) in [4.78, 5) is 4.22. The van der Waals surface area contributed by atoms with Gasteiger partial charge in [0.2, 0.25) is 0 Å². The lowest BCUT2D eigenvalue weighted by atomic mass is 10.2. The molecule has 1 rings (SSSR count). The van der Waals surface area contributed by atoms with E-state index in [9.17, 15) is 0 Å². The number of nitrogens with two attached hydrogens (primary N) is 1. The molecule has 1 aromatic rings. The molecule has 2 heteroatoms. The van der Waals surface area contributed by atoms with E-state index < -0.39 is 0 Å². The van der Waals surface area contributed by atoms with Gasteiger partial charge in [-0.05, 0) is 13.0 Å². The molecule has 0 spiro atoms. The summed E-state index contributed by atoms with van der Waals surface area (Å²) in [6, 6.07) is 9.68. The molecule has 0 amide bonds. The van der Waals surface area contributed by atoms with E-state index >= 15 is 0 Å². The summed E-state index contributed by atoms with van der Waals surface area (Å²) >= 11 is 0. The highest BCUT2D eigenvalue weighted by molar-refractivity contribution is 5.97. The van der Waals surface area contributed by atoms with Gasteiger partial charge in [0, 0.05) is 11.3 Å². The molecule has 1 aromatic carbocycles. The molecule has 0 aliphatic heterocycles. The van der Waals surface area contributed by atoms with Crippen molar-refractivity contribution in [1.82, 2.24) is 0 Å². The number of nitrogens with zero attached hydrogens (tertiary/aromatic N) is 1. The van der Waals surface area contributed by atoms with Crippen molar-refractivity contribution >= 4 is 5.84 Å². The van der Waals surface area contributed by atoms with E-state index in [1.807, 2.05) is 43.3 Å². The van der Waals surface area contributed by atoms with E-state index in [-0.39, 0.29) is 0 Å². The van der Waals surface area contributed by atoms with Gasteiger partial charge in [0.05, 0.1) is 0 Å². The van der Waals surface area contributed by atoms with Crippen LogP contribution in [0.4, 0.5) is 0 Å². The Morgan fingerprint density at radius 3 is 2.57 bits per heavy atom. The molecule has 0 fully saturated rings. The van der Waals surface area contributed by atoms with E-state index in [4.69, 9.17) is 5.73 Å². The number of rotatable bonds is 3. The van der Waals surface area contributed by atoms with Gasteiger partial charge in [0.1, 0.15) is 5.84 Å². The van der Waals surface area contributed by atoms with Crippen LogP contribution in [0.5, 0.6) is 0 Å². The monoisotopic (exact) mass is 186 g/mol. The molecule has 0 bridgehead atoms. The molecule has 0 saturated heterocycles. The maximum atomic E-state index is 5.80. The van der Waals surface area contributed by atoms with Crippen LogP contribution in [0, 0.1) is 0 Å². The fourth-order valence-electron chi connectivity index (χ4n) is 1.07. The first-order valence-corrected chi connectivity index (χ1v) is 4.43. The van der Waals surface area contributed by atoms with Crippen LogP contribution in [0.2, 0.25) is 0 Å². The Kier molecular flexibility index (Phi) is 3.68. The lowest BCUT2D eigenvalue weighted by Crippen LogP contribution is -2.12. The third-order valence-electron chi connectivity index (χ3n) is 1.73. The van der Waals surface area contributed by atoms with Crippen molar-refractivity contribution < 1.29 is 0 Å². The summed E-state index contributed by atoms with van der Waals surface area (Å²) in [5.74, 6) is 0.529. The van der Waals surface area contributed by atoms with E-state index in [0.717, 1.165) is 11.3 Å². The van der Waals surface area contributed by atoms with Gasteiger partial charge in [-0.1, -0.05) is 43.0 Å². The summed E-state index contributed by atoms with van der Waals surface area (Å²) in [6.45, 7) is 5.48. The fraction of sp³-hybridized carbons (Fsp3) is 0.0833. The first kappa shape index (κ1) is 10.3. The summed E-state index contributed by atoms with van der Waals surface area (Å²) in [5, 5.41) is 0. The van der Waals surface area contributed by atoms with Crippen LogP contribution in [-0.4, -0.2) is 5.84 Å². The van der Waals surface area contributed by atoms with Crippen LogP contribution in [0.15, 0.2) is 59.8 Å². The largest absolute Gasteiger partial charge is 0.383 e. The van der Waals surface area contributed by atoms with Crippen LogP contribution < -0.4 is 5.73 Å². The van der Waals surface area contributed by atoms with Gasteiger partial charge in [-0.3, -0.25) is 0 Å². The summed E-state index contributed by atoms with van der Waals surface area (Å²) < 4.78 is 0. The Labute approximate surface area is 84.5 Å². The maximum absolute atomic E-state index is 5.80. The smallest absolute Gasteiger partial charge is 0.130 e. The van der Waals surface area contributed by atoms with Crippen LogP contribution in [-0.2, 0) is 0 Å². The number of amidine groups is 1. The van der Waals surface area contributed by atoms with Gasteiger partial charge >= 0.3 is 0 Å². The molecule has 14 heavy (non-hydrogen) atoms. The summed E-state index contributed by atoms with van der Waals surface area (Å²) in [6.07, 6.45) is 3.51. The minimum Gasteiger partial charge on any atom is -0.383 e. The molecular weight excluding hydrogens is 172 g/mol. The first-order valence-electron chi connectivity index (χ1n) is 4.43. The molecule has 0 radical (unpaired) electrons. The van der Waals surface area contributed by atoms with Crippen molar-refractivity contribution in [2.45, 2.75) is 6.92 Å². The minimum atomic E-state index is 0.529. The van der Waals surface area contributed by atoms with E-state index in [1.54, 1.807) is 6.08 Å². The van der Waals surface area contributed by atoms with Crippen LogP contribution in [0.1, 0.15) is 12.5 Å². The minimum absolute atomic E-state index is 0.529. The number of hydrogen-bond acceptors (Lipinski definition) is 1. The Morgan fingerprint density at radius 2 is 2.00 bits per heavy atom. The lowest BCUT2D eigenvalue weighted by molar-refractivity contribution is 1.28. The standard InChI is InChI=1S/C12H14N2/c1-3-7-10(2)14-12(13)11-8-5-4-6-9-11/h3-9H,1H2,2H3,(H2,13,14)/b10-7-. The highest BCUT2D eigenvalue weighted by atomic mass is 14.9. The SMILES string of the molecule is C=C/C=C(/C)N=C(N)c1ccccc1. The second-order valence-corrected chi connectivity index (χ2v) is 2.91. The summed E-state index contributed by atoms with van der Waals surface area (Å²) in [5.41, 5.74) is 7.58. The van der Waals surface area contributed by atoms with E-state index in [1.165, 1.54) is 0 Å². The number of allylic oxidation sites excluding steroid dienone is 3. The highest BCUT2D eigenvalue weighted by Crippen LogP contribution is 2.01. The molecule has 0 saturated carbocycles. The molecule has 0 heterocycles. The zero-order chi connectivity index (χ0) is 10.4. The summed E-state index contributed by atoms with van der Waals surface area (Å²) in [7, 11) is 0. The third kappa shape index (κ3) is 2.90. The quantitative estimate of drug-likeness (QED) is 0.439. The second kappa shape index (κ2) is 5.02. The highest BCUT2D eigenvalue weighted by Gasteiger charge is 1.95. The molecule has 0 atom stereocenters. The average Bonchev–Trinajstić information content (AvgIpc) is 2.19. The molecule has 0 aliphatic rings. The first-order chi connectivity index (χ1) is 6.74. The van der Waals surface area contributed by atoms with Gasteiger partial charge in [0.25, 0.3) is 0 Å². The van der Waals surface area contributed by atoms with E-state index in [2.05, 4.69) is 11.6 Å². The van der Waals surface area contributed by atoms with Crippen molar-refractivity contribution in [2.75, 3.05) is 0 Å². The van der Waals surface area contributed by atoms with Crippen molar-refractivity contribution in [3.05, 3.63) is 60.3 Å². The van der Waals surface area contributed by atoms with Gasteiger partial charge in [0.15, 0.2) is 0 Å². The Balaban J connectivity index is 2.90. The Hall–Kier alpha value is -1.83. The topological polar surface area (TPSA) is 38.4 Å². The van der Waals surface area contributed by atoms with Crippen molar-refractivity contribution in [1.29, 1.82) is 0 Å². The molecule has 2 N–H and O–H groups in total. The van der Waals surface area contributed by atoms with Crippen molar-refractivity contribution in [3.8, 4) is 0 Å². The molecule has 0 aromatic heterocycles. The predicted octanol–water partition coefficient (Wildman–Crippen LogP) is 2.48. The Bertz CT molecular complexity index is 361. The molecule has 0 aliphatic carbocycles. The zero-order valence-corrected chi connectivity index (χ0v) is 8.27. The second-order valence-electron chi connectivity index (χ2n) is 2.91. The number of benzene rings is 1. The molecule has 2 nitrogen and oxygen atoms in total. The van der Waals surface area contributed by atoms with Crippen molar-refractivity contribution in [3.63, 3.8) is 0 Å². The molecule has 72 valence electrons. The van der Waals surface area contributed by atoms with E-state index in [0.29, 0.717) is 5.84 Å². The van der Waals surface area contributed by atoms with Crippen LogP contribution >= 0.6 is 0 Å². The fourth-order valence-corrected chi connectivity index (χ4v) is 1.07. The van der Waals surface area contributed by atoms with Gasteiger partial charge < -0.3 is 5.73 Å². The van der Waals surface area contributed by atoms with Crippen molar-refractivity contribution in [2.24, 2.45) is 10.7 Å². The van der Waals surface area contributed by atoms with Gasteiger partial charge in [-0.15, -0.1) is 0 Å². The zero-order valence-electron chi connectivity index (χ0n) is 8.27. The van der Waals surface area contributed by atoms with Gasteiger partial charge in [-0.2, -0.15) is 0 Å². The van der Waals surface area contributed by atoms with Gasteiger partial charge in [-0.25, -0.2) is 4.99 Å². The Morgan fingerprint density at radius 1 is 1.36 bits per heavy atom.